The number of esters is 2. The topological polar surface area (TPSA) is 61.8 Å². The highest BCUT2D eigenvalue weighted by Gasteiger charge is 2.17. The van der Waals surface area contributed by atoms with Gasteiger partial charge < -0.3 is 14.2 Å². The van der Waals surface area contributed by atoms with E-state index in [-0.39, 0.29) is 25.2 Å². The number of carbonyl (C=O) groups is 2. The molecule has 0 amide bonds. The average Bonchev–Trinajstić information content (AvgIpc) is 3.36. The van der Waals surface area contributed by atoms with Crippen LogP contribution in [0, 0.1) is 0 Å². The Morgan fingerprint density at radius 1 is 0.329 bits per heavy atom. The molecule has 5 nitrogen and oxygen atoms in total. The molecule has 1 atom stereocenters. The van der Waals surface area contributed by atoms with Gasteiger partial charge in [-0.05, 0) is 128 Å². The normalized spacial score (nSPS) is 13.0. The van der Waals surface area contributed by atoms with Crippen LogP contribution in [0.3, 0.4) is 0 Å². The summed E-state index contributed by atoms with van der Waals surface area (Å²) in [6.07, 6.45) is 82.5. The summed E-state index contributed by atoms with van der Waals surface area (Å²) >= 11 is 0. The van der Waals surface area contributed by atoms with Gasteiger partial charge in [0.2, 0.25) is 0 Å². The zero-order valence-corrected chi connectivity index (χ0v) is 46.0. The number of hydrogen-bond donors (Lipinski definition) is 0. The van der Waals surface area contributed by atoms with Crippen LogP contribution in [0.5, 0.6) is 0 Å². The van der Waals surface area contributed by atoms with Crippen molar-refractivity contribution in [2.45, 2.75) is 271 Å². The van der Waals surface area contributed by atoms with E-state index in [1.165, 1.54) is 109 Å². The van der Waals surface area contributed by atoms with Crippen LogP contribution in [-0.2, 0) is 23.8 Å². The molecule has 0 bridgehead atoms. The van der Waals surface area contributed by atoms with E-state index in [0.717, 1.165) is 122 Å². The summed E-state index contributed by atoms with van der Waals surface area (Å²) in [4.78, 5) is 25.5. The molecule has 5 heteroatoms. The third-order valence-electron chi connectivity index (χ3n) is 12.3. The summed E-state index contributed by atoms with van der Waals surface area (Å²) in [6, 6.07) is 0. The number of carbonyl (C=O) groups excluding carboxylic acids is 2. The smallest absolute Gasteiger partial charge is 0.306 e. The zero-order valence-electron chi connectivity index (χ0n) is 46.0. The molecule has 70 heavy (non-hydrogen) atoms. The Morgan fingerprint density at radius 2 is 0.643 bits per heavy atom. The standard InChI is InChI=1S/C65H110O5/c1-4-7-10-13-16-19-22-25-28-30-32-34-36-39-42-45-48-51-54-57-60-68-61-63(70-65(67)59-56-53-50-47-44-41-37-27-24-21-18-15-12-9-6-3)62-69-64(66)58-55-52-49-46-43-40-38-35-33-31-29-26-23-20-17-14-11-8-5-2/h7,10,16-17,19-20,25-29,32-35,37,39,42,63H,4-6,8-9,11-15,18,21-24,30-31,36,38,40-41,43-62H2,1-3H3/b10-7-,19-16-,20-17-,28-25-,29-26-,34-32-,35-33-,37-27-,42-39-. The van der Waals surface area contributed by atoms with Crippen molar-refractivity contribution in [2.75, 3.05) is 19.8 Å². The maximum Gasteiger partial charge on any atom is 0.306 e. The number of rotatable bonds is 53. The molecule has 0 aromatic rings. The molecule has 0 aliphatic rings. The van der Waals surface area contributed by atoms with Gasteiger partial charge in [0.25, 0.3) is 0 Å². The Kier molecular flexibility index (Phi) is 56.9. The van der Waals surface area contributed by atoms with Crippen LogP contribution < -0.4 is 0 Å². The number of ether oxygens (including phenoxy) is 3. The molecule has 0 aromatic carbocycles. The third kappa shape index (κ3) is 57.1. The number of hydrogen-bond acceptors (Lipinski definition) is 5. The molecule has 1 unspecified atom stereocenters. The molecule has 0 N–H and O–H groups in total. The fraction of sp³-hybridized carbons (Fsp3) is 0.692. The first-order valence-corrected chi connectivity index (χ1v) is 29.4. The Balaban J connectivity index is 4.38. The molecule has 0 aromatic heterocycles. The predicted molar refractivity (Wildman–Crippen MR) is 306 cm³/mol. The summed E-state index contributed by atoms with van der Waals surface area (Å²) in [5.74, 6) is -0.436. The van der Waals surface area contributed by atoms with E-state index < -0.39 is 6.10 Å². The highest BCUT2D eigenvalue weighted by atomic mass is 16.6. The lowest BCUT2D eigenvalue weighted by molar-refractivity contribution is -0.163. The van der Waals surface area contributed by atoms with E-state index in [4.69, 9.17) is 14.2 Å². The van der Waals surface area contributed by atoms with Crippen molar-refractivity contribution >= 4 is 11.9 Å². The minimum atomic E-state index is -0.567. The second kappa shape index (κ2) is 59.9. The molecule has 0 aliphatic carbocycles. The van der Waals surface area contributed by atoms with Gasteiger partial charge >= 0.3 is 11.9 Å². The third-order valence-corrected chi connectivity index (χ3v) is 12.3. The Bertz CT molecular complexity index is 1380. The maximum atomic E-state index is 12.9. The zero-order chi connectivity index (χ0) is 50.6. The van der Waals surface area contributed by atoms with Crippen molar-refractivity contribution in [3.63, 3.8) is 0 Å². The van der Waals surface area contributed by atoms with Gasteiger partial charge in [0, 0.05) is 19.4 Å². The van der Waals surface area contributed by atoms with Crippen LogP contribution >= 0.6 is 0 Å². The number of unbranched alkanes of at least 4 members (excludes halogenated alkanes) is 24. The highest BCUT2D eigenvalue weighted by molar-refractivity contribution is 5.70. The van der Waals surface area contributed by atoms with Gasteiger partial charge in [0.05, 0.1) is 6.61 Å². The summed E-state index contributed by atoms with van der Waals surface area (Å²) in [7, 11) is 0. The molecular formula is C65H110O5. The minimum absolute atomic E-state index is 0.0592. The van der Waals surface area contributed by atoms with Crippen molar-refractivity contribution in [1.82, 2.24) is 0 Å². The fourth-order valence-corrected chi connectivity index (χ4v) is 7.89. The lowest BCUT2D eigenvalue weighted by Crippen LogP contribution is -2.30. The van der Waals surface area contributed by atoms with Crippen LogP contribution in [0.15, 0.2) is 109 Å². The van der Waals surface area contributed by atoms with E-state index in [2.05, 4.69) is 130 Å². The second-order valence-electron chi connectivity index (χ2n) is 19.2. The first-order chi connectivity index (χ1) is 34.6. The molecule has 0 heterocycles. The van der Waals surface area contributed by atoms with E-state index in [9.17, 15) is 9.59 Å². The van der Waals surface area contributed by atoms with Crippen LogP contribution in [0.2, 0.25) is 0 Å². The van der Waals surface area contributed by atoms with Crippen LogP contribution in [0.1, 0.15) is 265 Å². The molecular weight excluding hydrogens is 861 g/mol. The Morgan fingerprint density at radius 3 is 1.07 bits per heavy atom. The van der Waals surface area contributed by atoms with Crippen molar-refractivity contribution in [3.8, 4) is 0 Å². The molecule has 0 fully saturated rings. The molecule has 0 rings (SSSR count). The summed E-state index contributed by atoms with van der Waals surface area (Å²) in [5.41, 5.74) is 0. The largest absolute Gasteiger partial charge is 0.462 e. The summed E-state index contributed by atoms with van der Waals surface area (Å²) < 4.78 is 17.5. The molecule has 0 aliphatic heterocycles. The highest BCUT2D eigenvalue weighted by Crippen LogP contribution is 2.14. The molecule has 0 saturated carbocycles. The minimum Gasteiger partial charge on any atom is -0.462 e. The first kappa shape index (κ1) is 66.6. The first-order valence-electron chi connectivity index (χ1n) is 29.4. The van der Waals surface area contributed by atoms with Crippen molar-refractivity contribution in [2.24, 2.45) is 0 Å². The molecule has 400 valence electrons. The van der Waals surface area contributed by atoms with Crippen LogP contribution in [-0.4, -0.2) is 37.9 Å². The van der Waals surface area contributed by atoms with Gasteiger partial charge in [-0.1, -0.05) is 233 Å². The number of allylic oxidation sites excluding steroid dienone is 18. The van der Waals surface area contributed by atoms with Gasteiger partial charge in [0.15, 0.2) is 6.10 Å². The van der Waals surface area contributed by atoms with Gasteiger partial charge in [-0.3, -0.25) is 9.59 Å². The van der Waals surface area contributed by atoms with Crippen molar-refractivity contribution in [3.05, 3.63) is 109 Å². The second-order valence-corrected chi connectivity index (χ2v) is 19.2. The summed E-state index contributed by atoms with van der Waals surface area (Å²) in [5, 5.41) is 0. The van der Waals surface area contributed by atoms with Gasteiger partial charge in [-0.2, -0.15) is 0 Å². The molecule has 0 spiro atoms. The van der Waals surface area contributed by atoms with Gasteiger partial charge in [-0.25, -0.2) is 0 Å². The fourth-order valence-electron chi connectivity index (χ4n) is 7.89. The quantitative estimate of drug-likeness (QED) is 0.0345. The summed E-state index contributed by atoms with van der Waals surface area (Å²) in [6.45, 7) is 7.61. The van der Waals surface area contributed by atoms with Gasteiger partial charge in [0.1, 0.15) is 6.61 Å². The van der Waals surface area contributed by atoms with Crippen LogP contribution in [0.25, 0.3) is 0 Å². The van der Waals surface area contributed by atoms with Gasteiger partial charge in [-0.15, -0.1) is 0 Å². The van der Waals surface area contributed by atoms with Crippen LogP contribution in [0.4, 0.5) is 0 Å². The van der Waals surface area contributed by atoms with E-state index in [1.807, 2.05) is 0 Å². The monoisotopic (exact) mass is 971 g/mol. The lowest BCUT2D eigenvalue weighted by Gasteiger charge is -2.18. The predicted octanol–water partition coefficient (Wildman–Crippen LogP) is 20.3. The van der Waals surface area contributed by atoms with Crippen molar-refractivity contribution in [1.29, 1.82) is 0 Å². The van der Waals surface area contributed by atoms with E-state index >= 15 is 0 Å². The van der Waals surface area contributed by atoms with E-state index in [0.29, 0.717) is 19.4 Å². The molecule has 0 saturated heterocycles. The lowest BCUT2D eigenvalue weighted by atomic mass is 10.1. The average molecular weight is 972 g/mol. The Hall–Kier alpha value is -3.44. The molecule has 0 radical (unpaired) electrons. The Labute approximate surface area is 434 Å². The van der Waals surface area contributed by atoms with Crippen molar-refractivity contribution < 1.29 is 23.8 Å². The maximum absolute atomic E-state index is 12.9. The SMILES string of the molecule is CC/C=C\C/C=C\C/C=C\C/C=C\C/C=C\CCCCCCOCC(COC(=O)CCCCCCCC/C=C\C/C=C\C/C=C\CCCCC)OC(=O)CCCCCCC/C=C\CCCCCCCC. The van der Waals surface area contributed by atoms with E-state index in [1.54, 1.807) is 0 Å².